The highest BCUT2D eigenvalue weighted by Gasteiger charge is 2.54. The number of hydrogen-bond acceptors (Lipinski definition) is 8. The van der Waals surface area contributed by atoms with E-state index in [0.717, 1.165) is 17.6 Å². The van der Waals surface area contributed by atoms with E-state index in [-0.39, 0.29) is 22.1 Å². The smallest absolute Gasteiger partial charge is 0.355 e. The van der Waals surface area contributed by atoms with Crippen LogP contribution < -0.4 is 15.3 Å². The van der Waals surface area contributed by atoms with Gasteiger partial charge in [-0.1, -0.05) is 142 Å². The van der Waals surface area contributed by atoms with Gasteiger partial charge in [0.2, 0.25) is 3.79 Å². The molecule has 1 heterocycles. The Hall–Kier alpha value is -3.24. The van der Waals surface area contributed by atoms with E-state index >= 15 is 4.57 Å². The van der Waals surface area contributed by atoms with Crippen molar-refractivity contribution in [3.63, 3.8) is 0 Å². The van der Waals surface area contributed by atoms with Crippen LogP contribution in [0.2, 0.25) is 0 Å². The van der Waals surface area contributed by atoms with Crippen LogP contribution in [-0.2, 0) is 18.9 Å². The number of phenolic OH excluding ortho intramolecular Hbond substituents is 1. The van der Waals surface area contributed by atoms with Crippen LogP contribution in [0.1, 0.15) is 5.56 Å². The monoisotopic (exact) mass is 805 g/mol. The van der Waals surface area contributed by atoms with E-state index in [1.54, 1.807) is 78.9 Å². The van der Waals surface area contributed by atoms with Crippen LogP contribution in [0.3, 0.4) is 0 Å². The fraction of sp³-hybridized carbons (Fsp3) is 0.147. The summed E-state index contributed by atoms with van der Waals surface area (Å²) in [6, 6.07) is 32.2. The molecule has 1 amide bonds. The normalized spacial score (nSPS) is 17.1. The van der Waals surface area contributed by atoms with Gasteiger partial charge in [-0.05, 0) is 36.2 Å². The minimum atomic E-state index is -3.82. The Kier molecular flexibility index (Phi) is 12.0. The number of hydrogen-bond donors (Lipinski definition) is 2. The van der Waals surface area contributed by atoms with Crippen LogP contribution >= 0.6 is 69.8 Å². The number of β-lactam (4-membered cyclic amide) rings is 1. The number of phenols is 1. The minimum Gasteiger partial charge on any atom is -0.507 e. The van der Waals surface area contributed by atoms with Crippen molar-refractivity contribution < 1.29 is 24.0 Å². The summed E-state index contributed by atoms with van der Waals surface area (Å²) in [5.41, 5.74) is 0.873. The number of rotatable bonds is 12. The van der Waals surface area contributed by atoms with Crippen LogP contribution in [0, 0.1) is 0 Å². The number of carbonyl (C=O) groups excluding carboxylic acids is 2. The summed E-state index contributed by atoms with van der Waals surface area (Å²) in [5, 5.41) is 10.4. The highest BCUT2D eigenvalue weighted by molar-refractivity contribution is 9.09. The van der Waals surface area contributed by atoms with Gasteiger partial charge in [-0.25, -0.2) is 4.79 Å². The summed E-state index contributed by atoms with van der Waals surface area (Å²) in [4.78, 5) is 34.0. The van der Waals surface area contributed by atoms with Crippen molar-refractivity contribution in [1.82, 2.24) is 4.90 Å². The first-order valence-corrected chi connectivity index (χ1v) is 19.2. The number of carbonyl (C=O) groups is 2. The molecule has 1 saturated heterocycles. The maximum absolute atomic E-state index is 15.6. The van der Waals surface area contributed by atoms with Crippen LogP contribution in [0.4, 0.5) is 5.69 Å². The molecule has 48 heavy (non-hydrogen) atoms. The molecule has 0 aromatic heterocycles. The third-order valence-corrected chi connectivity index (χ3v) is 12.8. The number of aromatic hydroxyl groups is 1. The molecule has 248 valence electrons. The lowest BCUT2D eigenvalue weighted by atomic mass is 10.1. The first kappa shape index (κ1) is 36.1. The maximum atomic E-state index is 15.6. The average molecular weight is 808 g/mol. The molecule has 0 aliphatic carbocycles. The predicted octanol–water partition coefficient (Wildman–Crippen LogP) is 7.64. The molecular formula is C34H28BrCl3N3O5PS. The van der Waals surface area contributed by atoms with E-state index in [4.69, 9.17) is 39.5 Å². The quantitative estimate of drug-likeness (QED) is 0.0288. The summed E-state index contributed by atoms with van der Waals surface area (Å²) in [6.07, 6.45) is 1.40. The fourth-order valence-electron chi connectivity index (χ4n) is 4.94. The molecule has 0 radical (unpaired) electrons. The van der Waals surface area contributed by atoms with E-state index < -0.39 is 40.8 Å². The van der Waals surface area contributed by atoms with Gasteiger partial charge in [0.15, 0.2) is 13.2 Å². The average Bonchev–Trinajstić information content (AvgIpc) is 3.10. The molecule has 2 N–H and O–H groups in total. The number of likely N-dealkylation sites (tertiary alicyclic amines) is 1. The Morgan fingerprint density at radius 1 is 0.938 bits per heavy atom. The van der Waals surface area contributed by atoms with Crippen LogP contribution in [-0.4, -0.2) is 55.2 Å². The van der Waals surface area contributed by atoms with Gasteiger partial charge in [0.1, 0.15) is 23.4 Å². The number of alkyl halides is 4. The fourth-order valence-corrected chi connectivity index (χ4v) is 10.2. The third-order valence-electron chi connectivity index (χ3n) is 7.22. The van der Waals surface area contributed by atoms with Gasteiger partial charge in [-0.3, -0.25) is 14.7 Å². The SMILES string of the molecule is O=C(OCC(Cl)(Cl)Cl)C(=C(CBr)P(=O)(c1ccccc1)c1ccccc1)N1C(=O)C(N=Cc2ccccc2O)C1SNc1ccccc1. The number of anilines is 1. The molecule has 5 rings (SSSR count). The molecule has 0 bridgehead atoms. The zero-order valence-electron chi connectivity index (χ0n) is 25.0. The Morgan fingerprint density at radius 3 is 2.02 bits per heavy atom. The van der Waals surface area contributed by atoms with E-state index in [9.17, 15) is 14.7 Å². The van der Waals surface area contributed by atoms with E-state index in [2.05, 4.69) is 25.6 Å². The van der Waals surface area contributed by atoms with Gasteiger partial charge in [-0.2, -0.15) is 0 Å². The van der Waals surface area contributed by atoms with Crippen molar-refractivity contribution in [2.24, 2.45) is 4.99 Å². The highest BCUT2D eigenvalue weighted by atomic mass is 79.9. The molecule has 1 aliphatic rings. The number of para-hydroxylation sites is 2. The second kappa shape index (κ2) is 16.0. The van der Waals surface area contributed by atoms with Gasteiger partial charge < -0.3 is 19.1 Å². The molecule has 1 aliphatic heterocycles. The topological polar surface area (TPSA) is 108 Å². The number of nitrogens with zero attached hydrogens (tertiary/aromatic N) is 2. The summed E-state index contributed by atoms with van der Waals surface area (Å²) in [5.74, 6) is -1.59. The van der Waals surface area contributed by atoms with Crippen LogP contribution in [0.15, 0.2) is 131 Å². The zero-order chi connectivity index (χ0) is 34.3. The standard InChI is InChI=1S/C34H28BrCl3N3O5PS/c35-20-28(47(45,25-15-6-2-7-16-25)26-17-8-3-9-18-26)30(33(44)46-22-34(36,37)38)41-31(43)29(39-21-23-12-10-11-19-27(23)42)32(41)48-40-24-13-4-1-5-14-24/h1-19,21,29,32,40,42H,20,22H2. The number of nitrogens with one attached hydrogen (secondary N) is 1. The summed E-state index contributed by atoms with van der Waals surface area (Å²) >= 11 is 22.5. The van der Waals surface area contributed by atoms with Gasteiger partial charge >= 0.3 is 5.97 Å². The number of amides is 1. The molecule has 0 saturated carbocycles. The van der Waals surface area contributed by atoms with Gasteiger partial charge in [-0.15, -0.1) is 0 Å². The Labute approximate surface area is 305 Å². The number of benzene rings is 4. The van der Waals surface area contributed by atoms with Crippen LogP contribution in [0.25, 0.3) is 0 Å². The molecule has 2 unspecified atom stereocenters. The van der Waals surface area contributed by atoms with Crippen molar-refractivity contribution in [2.75, 3.05) is 16.7 Å². The lowest BCUT2D eigenvalue weighted by molar-refractivity contribution is -0.150. The maximum Gasteiger partial charge on any atom is 0.355 e. The van der Waals surface area contributed by atoms with Crippen molar-refractivity contribution >= 4 is 104 Å². The lowest BCUT2D eigenvalue weighted by Crippen LogP contribution is -2.63. The van der Waals surface area contributed by atoms with E-state index in [1.165, 1.54) is 17.2 Å². The van der Waals surface area contributed by atoms with Gasteiger partial charge in [0, 0.05) is 38.7 Å². The summed E-state index contributed by atoms with van der Waals surface area (Å²) in [7, 11) is -3.82. The molecule has 8 nitrogen and oxygen atoms in total. The zero-order valence-corrected chi connectivity index (χ0v) is 30.5. The second-order valence-electron chi connectivity index (χ2n) is 10.4. The number of ether oxygens (including phenoxy) is 1. The van der Waals surface area contributed by atoms with Crippen molar-refractivity contribution in [3.8, 4) is 5.75 Å². The highest BCUT2D eigenvalue weighted by Crippen LogP contribution is 2.55. The van der Waals surface area contributed by atoms with Crippen molar-refractivity contribution in [2.45, 2.75) is 15.2 Å². The van der Waals surface area contributed by atoms with Gasteiger partial charge in [0.05, 0.1) is 0 Å². The van der Waals surface area contributed by atoms with Crippen LogP contribution in [0.5, 0.6) is 5.75 Å². The molecule has 1 fully saturated rings. The number of allylic oxidation sites excluding steroid dienone is 1. The molecular weight excluding hydrogens is 780 g/mol. The van der Waals surface area contributed by atoms with Crippen molar-refractivity contribution in [3.05, 3.63) is 132 Å². The first-order chi connectivity index (χ1) is 23.0. The molecule has 0 spiro atoms. The van der Waals surface area contributed by atoms with E-state index in [0.29, 0.717) is 16.2 Å². The molecule has 4 aromatic rings. The molecule has 2 atom stereocenters. The Bertz CT molecular complexity index is 1820. The summed E-state index contributed by atoms with van der Waals surface area (Å²) in [6.45, 7) is -0.631. The second-order valence-corrected chi connectivity index (χ2v) is 17.2. The molecule has 4 aromatic carbocycles. The lowest BCUT2D eigenvalue weighted by Gasteiger charge is -2.45. The summed E-state index contributed by atoms with van der Waals surface area (Å²) < 4.78 is 22.3. The minimum absolute atomic E-state index is 0.0133. The number of aliphatic imine (C=N–C) groups is 1. The number of esters is 1. The largest absolute Gasteiger partial charge is 0.507 e. The van der Waals surface area contributed by atoms with E-state index in [1.807, 2.05) is 30.3 Å². The van der Waals surface area contributed by atoms with Crippen molar-refractivity contribution in [1.29, 1.82) is 0 Å². The van der Waals surface area contributed by atoms with Gasteiger partial charge in [0.25, 0.3) is 5.91 Å². The third kappa shape index (κ3) is 8.13. The first-order valence-electron chi connectivity index (χ1n) is 14.4. The molecule has 14 heteroatoms. The Balaban J connectivity index is 1.68. The Morgan fingerprint density at radius 2 is 1.48 bits per heavy atom. The number of halogens is 4. The predicted molar refractivity (Wildman–Crippen MR) is 200 cm³/mol.